The van der Waals surface area contributed by atoms with Crippen LogP contribution in [0.1, 0.15) is 5.56 Å². The molecule has 2 nitrogen and oxygen atoms in total. The zero-order valence-electron chi connectivity index (χ0n) is 9.29. The van der Waals surface area contributed by atoms with Crippen LogP contribution in [0.25, 0.3) is 0 Å². The second-order valence-corrected chi connectivity index (χ2v) is 5.49. The molecule has 2 rings (SSSR count). The van der Waals surface area contributed by atoms with E-state index in [-0.39, 0.29) is 5.82 Å². The highest BCUT2D eigenvalue weighted by Gasteiger charge is 2.06. The van der Waals surface area contributed by atoms with Crippen LogP contribution in [0.3, 0.4) is 0 Å². The van der Waals surface area contributed by atoms with Gasteiger partial charge in [-0.1, -0.05) is 31.9 Å². The highest BCUT2D eigenvalue weighted by molar-refractivity contribution is 9.10. The maximum absolute atomic E-state index is 13.2. The number of nitrogens with two attached hydrogens (primary N) is 1. The Labute approximate surface area is 121 Å². The lowest BCUT2D eigenvalue weighted by Crippen LogP contribution is -1.99. The van der Waals surface area contributed by atoms with Crippen molar-refractivity contribution in [3.05, 3.63) is 56.7 Å². The van der Waals surface area contributed by atoms with Gasteiger partial charge in [-0.2, -0.15) is 0 Å². The fourth-order valence-corrected chi connectivity index (χ4v) is 2.37. The largest absolute Gasteiger partial charge is 0.457 e. The first-order chi connectivity index (χ1) is 8.58. The van der Waals surface area contributed by atoms with Crippen molar-refractivity contribution in [2.24, 2.45) is 5.73 Å². The van der Waals surface area contributed by atoms with Crippen LogP contribution in [0.4, 0.5) is 4.39 Å². The van der Waals surface area contributed by atoms with Gasteiger partial charge in [0, 0.05) is 27.1 Å². The molecule has 94 valence electrons. The van der Waals surface area contributed by atoms with Gasteiger partial charge in [0.05, 0.1) is 0 Å². The zero-order valence-corrected chi connectivity index (χ0v) is 12.5. The molecule has 18 heavy (non-hydrogen) atoms. The predicted octanol–water partition coefficient (Wildman–Crippen LogP) is 4.60. The Morgan fingerprint density at radius 1 is 1.06 bits per heavy atom. The third-order valence-electron chi connectivity index (χ3n) is 2.31. The molecule has 0 spiro atoms. The number of benzene rings is 2. The molecule has 2 N–H and O–H groups in total. The summed E-state index contributed by atoms with van der Waals surface area (Å²) >= 11 is 6.59. The van der Waals surface area contributed by atoms with E-state index < -0.39 is 0 Å². The maximum Gasteiger partial charge on any atom is 0.131 e. The zero-order chi connectivity index (χ0) is 13.1. The summed E-state index contributed by atoms with van der Waals surface area (Å²) in [6, 6.07) is 9.93. The third-order valence-corrected chi connectivity index (χ3v) is 3.26. The second-order valence-electron chi connectivity index (χ2n) is 3.66. The van der Waals surface area contributed by atoms with Crippen molar-refractivity contribution in [3.63, 3.8) is 0 Å². The van der Waals surface area contributed by atoms with Crippen molar-refractivity contribution in [2.75, 3.05) is 0 Å². The predicted molar refractivity (Wildman–Crippen MR) is 76.2 cm³/mol. The van der Waals surface area contributed by atoms with E-state index in [1.807, 2.05) is 12.1 Å². The van der Waals surface area contributed by atoms with E-state index >= 15 is 0 Å². The lowest BCUT2D eigenvalue weighted by Gasteiger charge is -2.11. The number of rotatable bonds is 3. The molecule has 5 heteroatoms. The summed E-state index contributed by atoms with van der Waals surface area (Å²) < 4.78 is 20.4. The molecular weight excluding hydrogens is 365 g/mol. The van der Waals surface area contributed by atoms with Crippen molar-refractivity contribution in [1.82, 2.24) is 0 Å². The molecule has 0 amide bonds. The molecule has 2 aromatic carbocycles. The van der Waals surface area contributed by atoms with Gasteiger partial charge < -0.3 is 10.5 Å². The van der Waals surface area contributed by atoms with Crippen molar-refractivity contribution >= 4 is 31.9 Å². The quantitative estimate of drug-likeness (QED) is 0.851. The molecule has 2 aromatic rings. The highest BCUT2D eigenvalue weighted by Crippen LogP contribution is 2.30. The van der Waals surface area contributed by atoms with Gasteiger partial charge in [-0.05, 0) is 30.3 Å². The minimum atomic E-state index is -0.356. The van der Waals surface area contributed by atoms with Crippen molar-refractivity contribution < 1.29 is 9.13 Å². The Bertz CT molecular complexity index is 555. The number of hydrogen-bond donors (Lipinski definition) is 1. The molecule has 0 bridgehead atoms. The molecule has 0 aliphatic heterocycles. The Balaban J connectivity index is 2.33. The van der Waals surface area contributed by atoms with Gasteiger partial charge in [0.25, 0.3) is 0 Å². The first-order valence-electron chi connectivity index (χ1n) is 5.21. The van der Waals surface area contributed by atoms with Gasteiger partial charge in [-0.25, -0.2) is 4.39 Å². The Morgan fingerprint density at radius 2 is 1.83 bits per heavy atom. The average Bonchev–Trinajstić information content (AvgIpc) is 2.30. The van der Waals surface area contributed by atoms with Gasteiger partial charge in [-0.3, -0.25) is 0 Å². The summed E-state index contributed by atoms with van der Waals surface area (Å²) in [5, 5.41) is 0. The SMILES string of the molecule is NCc1cc(Br)ccc1Oc1cc(F)cc(Br)c1. The average molecular weight is 375 g/mol. The molecular formula is C13H10Br2FNO. The van der Waals surface area contributed by atoms with Crippen molar-refractivity contribution in [1.29, 1.82) is 0 Å². The van der Waals surface area contributed by atoms with E-state index in [0.717, 1.165) is 10.0 Å². The molecule has 0 aromatic heterocycles. The minimum Gasteiger partial charge on any atom is -0.457 e. The topological polar surface area (TPSA) is 35.2 Å². The van der Waals surface area contributed by atoms with Crippen LogP contribution >= 0.6 is 31.9 Å². The van der Waals surface area contributed by atoms with Crippen molar-refractivity contribution in [3.8, 4) is 11.5 Å². The van der Waals surface area contributed by atoms with Gasteiger partial charge in [0.2, 0.25) is 0 Å². The first kappa shape index (κ1) is 13.5. The molecule has 0 atom stereocenters. The molecule has 0 saturated carbocycles. The normalized spacial score (nSPS) is 10.4. The van der Waals surface area contributed by atoms with Crippen LogP contribution in [0, 0.1) is 5.82 Å². The van der Waals surface area contributed by atoms with Crippen LogP contribution in [0.15, 0.2) is 45.3 Å². The van der Waals surface area contributed by atoms with Gasteiger partial charge in [0.1, 0.15) is 17.3 Å². The van der Waals surface area contributed by atoms with Crippen LogP contribution in [-0.2, 0) is 6.54 Å². The minimum absolute atomic E-state index is 0.352. The van der Waals surface area contributed by atoms with E-state index in [1.54, 1.807) is 12.1 Å². The van der Waals surface area contributed by atoms with Crippen LogP contribution in [0.5, 0.6) is 11.5 Å². The first-order valence-corrected chi connectivity index (χ1v) is 6.79. The van der Waals surface area contributed by atoms with Crippen LogP contribution in [0.2, 0.25) is 0 Å². The van der Waals surface area contributed by atoms with Gasteiger partial charge >= 0.3 is 0 Å². The van der Waals surface area contributed by atoms with Gasteiger partial charge in [0.15, 0.2) is 0 Å². The lowest BCUT2D eigenvalue weighted by atomic mass is 10.2. The molecule has 0 saturated heterocycles. The summed E-state index contributed by atoms with van der Waals surface area (Å²) in [5.74, 6) is 0.697. The Kier molecular flexibility index (Phi) is 4.37. The number of hydrogen-bond acceptors (Lipinski definition) is 2. The lowest BCUT2D eigenvalue weighted by molar-refractivity contribution is 0.470. The van der Waals surface area contributed by atoms with Crippen LogP contribution < -0.4 is 10.5 Å². The standard InChI is InChI=1S/C13H10Br2FNO/c14-9-1-2-13(8(3-9)7-17)18-12-5-10(15)4-11(16)6-12/h1-6H,7,17H2. The summed E-state index contributed by atoms with van der Waals surface area (Å²) in [6.07, 6.45) is 0. The molecule has 0 radical (unpaired) electrons. The van der Waals surface area contributed by atoms with E-state index in [2.05, 4.69) is 31.9 Å². The van der Waals surface area contributed by atoms with Crippen LogP contribution in [-0.4, -0.2) is 0 Å². The monoisotopic (exact) mass is 373 g/mol. The second kappa shape index (κ2) is 5.82. The van der Waals surface area contributed by atoms with E-state index in [1.165, 1.54) is 12.1 Å². The molecule has 0 aliphatic rings. The Hall–Kier alpha value is -0.910. The molecule has 0 fully saturated rings. The maximum atomic E-state index is 13.2. The van der Waals surface area contributed by atoms with E-state index in [9.17, 15) is 4.39 Å². The number of halogens is 3. The highest BCUT2D eigenvalue weighted by atomic mass is 79.9. The summed E-state index contributed by atoms with van der Waals surface area (Å²) in [4.78, 5) is 0. The fourth-order valence-electron chi connectivity index (χ4n) is 1.52. The van der Waals surface area contributed by atoms with Gasteiger partial charge in [-0.15, -0.1) is 0 Å². The summed E-state index contributed by atoms with van der Waals surface area (Å²) in [5.41, 5.74) is 6.50. The van der Waals surface area contributed by atoms with E-state index in [4.69, 9.17) is 10.5 Å². The summed E-state index contributed by atoms with van der Waals surface area (Å²) in [6.45, 7) is 0.352. The van der Waals surface area contributed by atoms with Crippen molar-refractivity contribution in [2.45, 2.75) is 6.54 Å². The molecule has 0 aliphatic carbocycles. The fraction of sp³-hybridized carbons (Fsp3) is 0.0769. The Morgan fingerprint density at radius 3 is 2.50 bits per heavy atom. The number of ether oxygens (including phenoxy) is 1. The molecule has 0 heterocycles. The summed E-state index contributed by atoms with van der Waals surface area (Å²) in [7, 11) is 0. The van der Waals surface area contributed by atoms with E-state index in [0.29, 0.717) is 22.5 Å². The smallest absolute Gasteiger partial charge is 0.131 e. The molecule has 0 unspecified atom stereocenters. The third kappa shape index (κ3) is 3.31.